The quantitative estimate of drug-likeness (QED) is 0.0192. The van der Waals surface area contributed by atoms with Crippen molar-refractivity contribution >= 4 is 81.2 Å². The number of nitrogens with two attached hydrogens (primary N) is 1. The molecule has 0 aliphatic carbocycles. The van der Waals surface area contributed by atoms with Crippen LogP contribution >= 0.6 is 0 Å². The molecule has 12 N–H and O–H groups in total. The van der Waals surface area contributed by atoms with E-state index in [1.54, 1.807) is 175 Å². The zero-order valence-corrected chi connectivity index (χ0v) is 76.3. The molecule has 700 valence electrons. The molecule has 137 heavy (non-hydrogen) atoms. The highest BCUT2D eigenvalue weighted by Gasteiger charge is 2.31. The molecule has 8 aromatic carbocycles. The number of rotatable bonds is 31. The number of aromatic nitrogens is 8. The fraction of sp³-hybridized carbons (Fsp3) is 0.277. The predicted octanol–water partition coefficient (Wildman–Crippen LogP) is 11.9. The van der Waals surface area contributed by atoms with Crippen molar-refractivity contribution in [2.75, 3.05) is 119 Å². The SMILES string of the molecule is CC(C)NC(=O)c1ccc(Nc2ccnc(-c3ccc(O[C@@H]4CCN(C(=O)CO)C4)c(C#N)c3)n2)cc1.CC(C)NC(=O)c1ccc(Nc2ccnc(-c3ccc(O[C@@H]4CCNC4)c(C#N)c3)n2)cc1.COCCN(C)c1cccc(Nc2ccnc(-c3ccc(O[C@@H]4CCNC4)c(C#N)c3)n2)c1.N#Cc1cc(-c2nccc(Nc3ccc(C(N)=O)cc3)n2)ccc1O[C@@H]1CCN(C(=O)CO)C1. The van der Waals surface area contributed by atoms with E-state index in [1.807, 2.05) is 83.3 Å². The second-order valence-electron chi connectivity index (χ2n) is 32.7. The number of carbonyl (C=O) groups is 5. The molecule has 12 aromatic rings. The Balaban J connectivity index is 0.000000154. The first kappa shape index (κ1) is 97.9. The van der Waals surface area contributed by atoms with Crippen LogP contribution in [0.4, 0.5) is 51.7 Å². The maximum atomic E-state index is 12.1. The highest BCUT2D eigenvalue weighted by atomic mass is 16.5. The number of carbonyl (C=O) groups excluding carboxylic acids is 5. The van der Waals surface area contributed by atoms with E-state index in [9.17, 15) is 45.0 Å². The third-order valence-electron chi connectivity index (χ3n) is 21.8. The number of likely N-dealkylation sites (tertiary alicyclic amines) is 2. The Hall–Kier alpha value is -16.6. The van der Waals surface area contributed by atoms with Crippen LogP contribution < -0.4 is 72.1 Å². The number of aliphatic hydroxyl groups excluding tert-OH is 2. The summed E-state index contributed by atoms with van der Waals surface area (Å²) in [7, 11) is 3.73. The van der Waals surface area contributed by atoms with Crippen LogP contribution in [0.25, 0.3) is 45.6 Å². The first-order chi connectivity index (χ1) is 66.5. The number of nitrogens with one attached hydrogen (secondary N) is 8. The predicted molar refractivity (Wildman–Crippen MR) is 516 cm³/mol. The van der Waals surface area contributed by atoms with Gasteiger partial charge in [-0.25, -0.2) is 39.9 Å². The summed E-state index contributed by atoms with van der Waals surface area (Å²) >= 11 is 0. The van der Waals surface area contributed by atoms with Crippen molar-refractivity contribution in [3.05, 3.63) is 258 Å². The lowest BCUT2D eigenvalue weighted by molar-refractivity contribution is -0.134. The lowest BCUT2D eigenvalue weighted by atomic mass is 10.1. The molecular formula is C101H104N24O12. The summed E-state index contributed by atoms with van der Waals surface area (Å²) in [4.78, 5) is 99.8. The normalized spacial score (nSPS) is 15.0. The van der Waals surface area contributed by atoms with Gasteiger partial charge in [-0.3, -0.25) is 24.0 Å². The van der Waals surface area contributed by atoms with Crippen molar-refractivity contribution in [3.8, 4) is 92.8 Å². The van der Waals surface area contributed by atoms with Gasteiger partial charge in [0.15, 0.2) is 23.3 Å². The Morgan fingerprint density at radius 1 is 0.445 bits per heavy atom. The van der Waals surface area contributed by atoms with E-state index in [-0.39, 0.29) is 60.1 Å². The first-order valence-electron chi connectivity index (χ1n) is 44.5. The lowest BCUT2D eigenvalue weighted by Gasteiger charge is -2.19. The molecule has 36 nitrogen and oxygen atoms in total. The van der Waals surface area contributed by atoms with Crippen LogP contribution in [0.2, 0.25) is 0 Å². The fourth-order valence-corrected chi connectivity index (χ4v) is 14.8. The molecule has 0 bridgehead atoms. The number of hydrogen-bond donors (Lipinski definition) is 11. The van der Waals surface area contributed by atoms with Gasteiger partial charge in [0.2, 0.25) is 17.7 Å². The molecule has 4 fully saturated rings. The third-order valence-corrected chi connectivity index (χ3v) is 21.8. The number of amides is 5. The zero-order chi connectivity index (χ0) is 96.7. The van der Waals surface area contributed by atoms with E-state index in [1.165, 1.54) is 0 Å². The van der Waals surface area contributed by atoms with Crippen LogP contribution in [0.1, 0.15) is 107 Å². The van der Waals surface area contributed by atoms with E-state index in [0.717, 1.165) is 85.1 Å². The van der Waals surface area contributed by atoms with E-state index in [4.69, 9.17) is 39.6 Å². The highest BCUT2D eigenvalue weighted by molar-refractivity contribution is 5.96. The average molecular weight is 1850 g/mol. The Kier molecular flexibility index (Phi) is 34.4. The van der Waals surface area contributed by atoms with Gasteiger partial charge in [0, 0.05) is 164 Å². The maximum Gasteiger partial charge on any atom is 0.251 e. The monoisotopic (exact) mass is 1840 g/mol. The summed E-state index contributed by atoms with van der Waals surface area (Å²) in [6.45, 7) is 13.3. The van der Waals surface area contributed by atoms with Crippen molar-refractivity contribution in [3.63, 3.8) is 0 Å². The number of nitriles is 4. The maximum absolute atomic E-state index is 12.1. The van der Waals surface area contributed by atoms with Crippen LogP contribution in [0, 0.1) is 45.3 Å². The minimum Gasteiger partial charge on any atom is -0.488 e. The molecule has 4 saturated heterocycles. The summed E-state index contributed by atoms with van der Waals surface area (Å²) in [5.41, 5.74) is 15.5. The van der Waals surface area contributed by atoms with E-state index in [2.05, 4.69) is 124 Å². The minimum absolute atomic E-state index is 0.0579. The van der Waals surface area contributed by atoms with Gasteiger partial charge in [-0.05, 0) is 242 Å². The van der Waals surface area contributed by atoms with Crippen LogP contribution in [0.5, 0.6) is 23.0 Å². The standard InChI is InChI=1S/C27H28N6O4.C25H26N6O2.C25H28N6O2.C24H22N6O4/c1-17(2)30-27(36)18-3-6-21(7-4-18)31-24-9-11-29-26(32-24)19-5-8-23(20(13-19)14-28)37-22-10-12-33(15-22)25(35)16-34;1-16(2)29-25(32)17-3-6-20(7-4-17)30-23-10-12-28-24(31-23)18-5-8-22(19(13-18)14-26)33-21-9-11-27-15-21;1-31(12-13-32-2)21-5-3-4-20(15-21)29-24-9-11-28-25(30-24)18-6-7-23(19(14-18)16-26)33-22-8-10-27-17-22;25-12-17-11-16(3-6-20(17)34-19-8-10-30(13-19)22(32)14-31)24-27-9-7-21(29-24)28-18-4-1-15(2-5-18)23(26)33/h3-9,11,13,17,22,34H,10,12,15-16H2,1-2H3,(H,30,36)(H,29,31,32);3-8,10,12-13,16,21,27H,9,11,15H2,1-2H3,(H,29,32)(H,28,30,31);3-7,9,11,14-15,22,27H,8,10,12-13,17H2,1-2H3,(H,28,29,30);1-7,9,11,19,31H,8,10,13-14H2,(H2,26,33)(H,27,28,29)/t22-;21-;22-;19-/m1111/s1. The van der Waals surface area contributed by atoms with Gasteiger partial charge in [-0.15, -0.1) is 0 Å². The molecule has 0 spiro atoms. The molecular weight excluding hydrogens is 1740 g/mol. The molecule has 16 rings (SSSR count). The van der Waals surface area contributed by atoms with E-state index in [0.29, 0.717) is 165 Å². The highest BCUT2D eigenvalue weighted by Crippen LogP contribution is 2.35. The van der Waals surface area contributed by atoms with Crippen molar-refractivity contribution in [1.29, 1.82) is 21.0 Å². The Bertz CT molecular complexity index is 6390. The number of ether oxygens (including phenoxy) is 5. The summed E-state index contributed by atoms with van der Waals surface area (Å²) in [5, 5.41) is 81.8. The smallest absolute Gasteiger partial charge is 0.251 e. The van der Waals surface area contributed by atoms with Gasteiger partial charge in [0.1, 0.15) is 108 Å². The van der Waals surface area contributed by atoms with Crippen LogP contribution in [-0.2, 0) is 14.3 Å². The number of methoxy groups -OCH3 is 1. The Morgan fingerprint density at radius 3 is 1.09 bits per heavy atom. The average Bonchev–Trinajstić information content (AvgIpc) is 1.82. The van der Waals surface area contributed by atoms with E-state index < -0.39 is 19.1 Å². The summed E-state index contributed by atoms with van der Waals surface area (Å²) in [5.74, 6) is 4.87. The summed E-state index contributed by atoms with van der Waals surface area (Å²) in [6.07, 6.45) is 9.37. The number of hydrogen-bond acceptors (Lipinski definition) is 31. The first-order valence-corrected chi connectivity index (χ1v) is 44.5. The van der Waals surface area contributed by atoms with Crippen molar-refractivity contribution in [2.45, 2.75) is 89.9 Å². The van der Waals surface area contributed by atoms with Crippen LogP contribution in [-0.4, -0.2) is 219 Å². The lowest BCUT2D eigenvalue weighted by Crippen LogP contribution is -2.32. The molecule has 4 aliphatic heterocycles. The van der Waals surface area contributed by atoms with Crippen molar-refractivity contribution in [2.24, 2.45) is 5.73 Å². The van der Waals surface area contributed by atoms with E-state index >= 15 is 0 Å². The second kappa shape index (κ2) is 48.2. The van der Waals surface area contributed by atoms with Gasteiger partial charge in [0.05, 0.1) is 42.0 Å². The molecule has 0 unspecified atom stereocenters. The minimum atomic E-state index is -0.530. The number of aliphatic hydroxyl groups is 2. The second-order valence-corrected chi connectivity index (χ2v) is 32.7. The van der Waals surface area contributed by atoms with Crippen LogP contribution in [0.15, 0.2) is 219 Å². The molecule has 8 heterocycles. The third kappa shape index (κ3) is 27.8. The van der Waals surface area contributed by atoms with Gasteiger partial charge >= 0.3 is 0 Å². The number of nitrogens with zero attached hydrogens (tertiary/aromatic N) is 15. The van der Waals surface area contributed by atoms with Crippen molar-refractivity contribution in [1.82, 2.24) is 70.9 Å². The number of likely N-dealkylation sites (N-methyl/N-ethyl adjacent to an activating group) is 1. The summed E-state index contributed by atoms with van der Waals surface area (Å²) < 4.78 is 29.1. The fourth-order valence-electron chi connectivity index (χ4n) is 14.8. The van der Waals surface area contributed by atoms with Gasteiger partial charge in [-0.1, -0.05) is 6.07 Å². The number of primary amides is 1. The topological polar surface area (TPSA) is 502 Å². The molecule has 36 heteroatoms. The number of anilines is 9. The number of benzene rings is 8. The molecule has 5 amide bonds. The largest absolute Gasteiger partial charge is 0.488 e. The molecule has 0 saturated carbocycles. The van der Waals surface area contributed by atoms with Crippen LogP contribution in [0.3, 0.4) is 0 Å². The molecule has 4 aliphatic rings. The van der Waals surface area contributed by atoms with Crippen molar-refractivity contribution < 1.29 is 57.9 Å². The molecule has 4 aromatic heterocycles. The Morgan fingerprint density at radius 2 is 0.781 bits per heavy atom. The van der Waals surface area contributed by atoms with Gasteiger partial charge in [0.25, 0.3) is 11.8 Å². The molecule has 0 radical (unpaired) electrons. The van der Waals surface area contributed by atoms with Gasteiger partial charge in [-0.2, -0.15) is 21.0 Å². The Labute approximate surface area is 792 Å². The zero-order valence-electron chi connectivity index (χ0n) is 76.3. The summed E-state index contributed by atoms with van der Waals surface area (Å²) in [6, 6.07) is 66.1. The molecule has 4 atom stereocenters. The van der Waals surface area contributed by atoms with Gasteiger partial charge < -0.3 is 96.9 Å².